The molecule has 0 amide bonds. The minimum absolute atomic E-state index is 0. The van der Waals surface area contributed by atoms with Crippen molar-refractivity contribution in [3.63, 3.8) is 0 Å². The van der Waals surface area contributed by atoms with Gasteiger partial charge in [0, 0.05) is 25.6 Å². The number of benzene rings is 2. The van der Waals surface area contributed by atoms with Crippen LogP contribution in [-0.4, -0.2) is 19.6 Å². The summed E-state index contributed by atoms with van der Waals surface area (Å²) in [5, 5.41) is 15.6. The highest BCUT2D eigenvalue weighted by molar-refractivity contribution is 14.0. The van der Waals surface area contributed by atoms with E-state index in [1.54, 1.807) is 25.2 Å². The Morgan fingerprint density at radius 2 is 1.96 bits per heavy atom. The van der Waals surface area contributed by atoms with E-state index in [0.717, 1.165) is 24.0 Å². The first kappa shape index (κ1) is 20.2. The maximum atomic E-state index is 13.5. The molecule has 2 aromatic rings. The molecule has 4 nitrogen and oxygen atoms in total. The maximum absolute atomic E-state index is 13.5. The highest BCUT2D eigenvalue weighted by Crippen LogP contribution is 2.47. The number of halogens is 2. The Labute approximate surface area is 170 Å². The molecule has 0 bridgehead atoms. The molecule has 0 aromatic heterocycles. The lowest BCUT2D eigenvalue weighted by molar-refractivity contribution is 0.607. The van der Waals surface area contributed by atoms with Crippen LogP contribution in [0.1, 0.15) is 29.5 Å². The highest BCUT2D eigenvalue weighted by atomic mass is 127. The van der Waals surface area contributed by atoms with Gasteiger partial charge in [-0.15, -0.1) is 24.0 Å². The molecule has 0 heterocycles. The number of nitriles is 1. The van der Waals surface area contributed by atoms with Gasteiger partial charge in [0.15, 0.2) is 5.96 Å². The van der Waals surface area contributed by atoms with Crippen LogP contribution < -0.4 is 10.6 Å². The lowest BCUT2D eigenvalue weighted by atomic mass is 9.96. The molecule has 1 aliphatic rings. The van der Waals surface area contributed by atoms with Gasteiger partial charge in [0.05, 0.1) is 11.6 Å². The highest BCUT2D eigenvalue weighted by Gasteiger charge is 2.44. The van der Waals surface area contributed by atoms with E-state index < -0.39 is 0 Å². The fraction of sp³-hybridized carbons (Fsp3) is 0.300. The smallest absolute Gasteiger partial charge is 0.191 e. The van der Waals surface area contributed by atoms with Crippen molar-refractivity contribution in [1.29, 1.82) is 5.26 Å². The monoisotopic (exact) mass is 464 g/mol. The quantitative estimate of drug-likeness (QED) is 0.403. The molecule has 0 saturated heterocycles. The molecule has 26 heavy (non-hydrogen) atoms. The first-order valence-corrected chi connectivity index (χ1v) is 8.35. The standard InChI is InChI=1S/C20H21FN4.HI/c1-23-19(24-13-16-5-2-4-15(10-16)12-22)25-14-20(8-9-20)17-6-3-7-18(21)11-17;/h2-7,10-11H,8-9,13-14H2,1H3,(H2,23,24,25);1H. The van der Waals surface area contributed by atoms with Crippen LogP contribution in [0.15, 0.2) is 53.5 Å². The molecule has 1 fully saturated rings. The van der Waals surface area contributed by atoms with Gasteiger partial charge in [-0.05, 0) is 48.2 Å². The number of aliphatic imine (C=N–C) groups is 1. The Morgan fingerprint density at radius 1 is 1.19 bits per heavy atom. The molecule has 2 aromatic carbocycles. The largest absolute Gasteiger partial charge is 0.356 e. The van der Waals surface area contributed by atoms with Crippen molar-refractivity contribution in [2.75, 3.05) is 13.6 Å². The van der Waals surface area contributed by atoms with E-state index in [1.165, 1.54) is 6.07 Å². The summed E-state index contributed by atoms with van der Waals surface area (Å²) >= 11 is 0. The summed E-state index contributed by atoms with van der Waals surface area (Å²) in [7, 11) is 1.72. The van der Waals surface area contributed by atoms with Crippen molar-refractivity contribution < 1.29 is 4.39 Å². The van der Waals surface area contributed by atoms with Gasteiger partial charge >= 0.3 is 0 Å². The van der Waals surface area contributed by atoms with Gasteiger partial charge in [-0.25, -0.2) is 4.39 Å². The Hall–Kier alpha value is -2.14. The summed E-state index contributed by atoms with van der Waals surface area (Å²) in [6.45, 7) is 1.30. The molecular formula is C20H22FIN4. The van der Waals surface area contributed by atoms with Crippen LogP contribution in [-0.2, 0) is 12.0 Å². The van der Waals surface area contributed by atoms with Crippen LogP contribution >= 0.6 is 24.0 Å². The molecule has 0 unspecified atom stereocenters. The number of hydrogen-bond donors (Lipinski definition) is 2. The second-order valence-corrected chi connectivity index (χ2v) is 6.38. The van der Waals surface area contributed by atoms with E-state index in [0.29, 0.717) is 24.6 Å². The van der Waals surface area contributed by atoms with E-state index in [4.69, 9.17) is 5.26 Å². The number of nitrogens with zero attached hydrogens (tertiary/aromatic N) is 2. The fourth-order valence-corrected chi connectivity index (χ4v) is 2.95. The second kappa shape index (κ2) is 8.99. The number of guanidine groups is 1. The lowest BCUT2D eigenvalue weighted by Gasteiger charge is -2.19. The van der Waals surface area contributed by atoms with Crippen LogP contribution in [0.2, 0.25) is 0 Å². The molecule has 0 spiro atoms. The third kappa shape index (κ3) is 4.94. The van der Waals surface area contributed by atoms with Crippen molar-refractivity contribution >= 4 is 29.9 Å². The third-order valence-electron chi connectivity index (χ3n) is 4.62. The first-order chi connectivity index (χ1) is 12.1. The topological polar surface area (TPSA) is 60.2 Å². The lowest BCUT2D eigenvalue weighted by Crippen LogP contribution is -2.40. The van der Waals surface area contributed by atoms with Crippen molar-refractivity contribution in [2.24, 2.45) is 4.99 Å². The number of hydrogen-bond acceptors (Lipinski definition) is 2. The van der Waals surface area contributed by atoms with Crippen molar-refractivity contribution in [3.8, 4) is 6.07 Å². The number of rotatable bonds is 5. The van der Waals surface area contributed by atoms with Gasteiger partial charge in [0.25, 0.3) is 0 Å². The number of nitrogens with one attached hydrogen (secondary N) is 2. The zero-order valence-electron chi connectivity index (χ0n) is 14.6. The summed E-state index contributed by atoms with van der Waals surface area (Å²) < 4.78 is 13.5. The molecule has 136 valence electrons. The predicted molar refractivity (Wildman–Crippen MR) is 112 cm³/mol. The molecule has 3 rings (SSSR count). The van der Waals surface area contributed by atoms with Crippen molar-refractivity contribution in [1.82, 2.24) is 10.6 Å². The second-order valence-electron chi connectivity index (χ2n) is 6.38. The van der Waals surface area contributed by atoms with Crippen LogP contribution in [0, 0.1) is 17.1 Å². The van der Waals surface area contributed by atoms with E-state index in [9.17, 15) is 4.39 Å². The van der Waals surface area contributed by atoms with Gasteiger partial charge < -0.3 is 10.6 Å². The fourth-order valence-electron chi connectivity index (χ4n) is 2.95. The van der Waals surface area contributed by atoms with Gasteiger partial charge in [0.1, 0.15) is 5.82 Å². The minimum atomic E-state index is -0.191. The van der Waals surface area contributed by atoms with E-state index >= 15 is 0 Å². The predicted octanol–water partition coefficient (Wildman–Crippen LogP) is 3.71. The van der Waals surface area contributed by atoms with Crippen LogP contribution in [0.25, 0.3) is 0 Å². The van der Waals surface area contributed by atoms with Crippen LogP contribution in [0.4, 0.5) is 4.39 Å². The maximum Gasteiger partial charge on any atom is 0.191 e. The summed E-state index contributed by atoms with van der Waals surface area (Å²) in [5.74, 6) is 0.508. The molecule has 1 aliphatic carbocycles. The van der Waals surface area contributed by atoms with Crippen molar-refractivity contribution in [2.45, 2.75) is 24.8 Å². The molecule has 2 N–H and O–H groups in total. The molecule has 6 heteroatoms. The SMILES string of the molecule is CN=C(NCc1cccc(C#N)c1)NCC1(c2cccc(F)c2)CC1.I. The normalized spacial score (nSPS) is 14.7. The minimum Gasteiger partial charge on any atom is -0.356 e. The summed E-state index contributed by atoms with van der Waals surface area (Å²) in [5.41, 5.74) is 2.70. The van der Waals surface area contributed by atoms with E-state index in [-0.39, 0.29) is 35.2 Å². The third-order valence-corrected chi connectivity index (χ3v) is 4.62. The summed E-state index contributed by atoms with van der Waals surface area (Å²) in [6.07, 6.45) is 2.09. The Kier molecular flexibility index (Phi) is 6.98. The van der Waals surface area contributed by atoms with Gasteiger partial charge in [-0.2, -0.15) is 5.26 Å². The van der Waals surface area contributed by atoms with Gasteiger partial charge in [-0.3, -0.25) is 4.99 Å². The zero-order chi connectivity index (χ0) is 17.7. The molecular weight excluding hydrogens is 442 g/mol. The van der Waals surface area contributed by atoms with E-state index in [1.807, 2.05) is 24.3 Å². The van der Waals surface area contributed by atoms with E-state index in [2.05, 4.69) is 21.7 Å². The van der Waals surface area contributed by atoms with Gasteiger partial charge in [-0.1, -0.05) is 24.3 Å². The average molecular weight is 464 g/mol. The van der Waals surface area contributed by atoms with Crippen LogP contribution in [0.5, 0.6) is 0 Å². The Bertz CT molecular complexity index is 825. The molecule has 0 atom stereocenters. The molecule has 0 radical (unpaired) electrons. The first-order valence-electron chi connectivity index (χ1n) is 8.35. The summed E-state index contributed by atoms with van der Waals surface area (Å²) in [4.78, 5) is 4.24. The zero-order valence-corrected chi connectivity index (χ0v) is 17.0. The Morgan fingerprint density at radius 3 is 2.62 bits per heavy atom. The van der Waals surface area contributed by atoms with Crippen molar-refractivity contribution in [3.05, 3.63) is 71.0 Å². The molecule has 1 saturated carbocycles. The molecule has 0 aliphatic heterocycles. The van der Waals surface area contributed by atoms with Gasteiger partial charge in [0.2, 0.25) is 0 Å². The summed E-state index contributed by atoms with van der Waals surface area (Å²) in [6, 6.07) is 16.5. The Balaban J connectivity index is 0.00000243. The average Bonchev–Trinajstić information content (AvgIpc) is 3.43. The van der Waals surface area contributed by atoms with Crippen LogP contribution in [0.3, 0.4) is 0 Å².